The number of hydrogen-bond donors (Lipinski definition) is 2. The molecule has 0 aromatic heterocycles. The molecule has 1 amide bonds. The van der Waals surface area contributed by atoms with E-state index in [1.165, 1.54) is 44.5 Å². The van der Waals surface area contributed by atoms with E-state index in [4.69, 9.17) is 9.47 Å². The second kappa shape index (κ2) is 7.77. The lowest BCUT2D eigenvalue weighted by molar-refractivity contribution is -0.132. The number of ether oxygens (including phenoxy) is 2. The Morgan fingerprint density at radius 2 is 1.83 bits per heavy atom. The highest BCUT2D eigenvalue weighted by Gasteiger charge is 2.07. The Bertz CT molecular complexity index is 769. The van der Waals surface area contributed by atoms with Gasteiger partial charge >= 0.3 is 5.97 Å². The van der Waals surface area contributed by atoms with Gasteiger partial charge in [0.15, 0.2) is 11.5 Å². The first-order valence-electron chi connectivity index (χ1n) is 6.98. The second-order valence-electron chi connectivity index (χ2n) is 4.75. The van der Waals surface area contributed by atoms with Crippen molar-refractivity contribution in [3.63, 3.8) is 0 Å². The number of phenols is 1. The number of hydrazone groups is 1. The smallest absolute Gasteiger partial charge is 0.308 e. The Morgan fingerprint density at radius 3 is 2.46 bits per heavy atom. The molecular formula is C17H16N2O5. The molecule has 2 N–H and O–H groups in total. The molecule has 0 heterocycles. The number of amides is 1. The third-order valence-electron chi connectivity index (χ3n) is 2.95. The van der Waals surface area contributed by atoms with E-state index >= 15 is 0 Å². The van der Waals surface area contributed by atoms with E-state index in [9.17, 15) is 14.7 Å². The zero-order valence-corrected chi connectivity index (χ0v) is 13.1. The monoisotopic (exact) mass is 328 g/mol. The van der Waals surface area contributed by atoms with Crippen molar-refractivity contribution in [2.75, 3.05) is 7.11 Å². The third-order valence-corrected chi connectivity index (χ3v) is 2.95. The number of carbonyl (C=O) groups is 2. The third kappa shape index (κ3) is 4.57. The molecule has 0 saturated heterocycles. The van der Waals surface area contributed by atoms with Crippen molar-refractivity contribution >= 4 is 18.1 Å². The number of esters is 1. The van der Waals surface area contributed by atoms with Gasteiger partial charge in [0.05, 0.1) is 13.3 Å². The van der Waals surface area contributed by atoms with Gasteiger partial charge in [-0.3, -0.25) is 9.59 Å². The van der Waals surface area contributed by atoms with E-state index in [0.29, 0.717) is 22.6 Å². The molecule has 0 aliphatic carbocycles. The lowest BCUT2D eigenvalue weighted by Gasteiger charge is -2.08. The zero-order chi connectivity index (χ0) is 17.5. The second-order valence-corrected chi connectivity index (χ2v) is 4.75. The van der Waals surface area contributed by atoms with Gasteiger partial charge in [-0.25, -0.2) is 5.43 Å². The fraction of sp³-hybridized carbons (Fsp3) is 0.118. The molecule has 0 atom stereocenters. The molecule has 2 rings (SSSR count). The van der Waals surface area contributed by atoms with Crippen LogP contribution in [0.4, 0.5) is 0 Å². The van der Waals surface area contributed by atoms with Crippen LogP contribution in [0.1, 0.15) is 22.8 Å². The Kier molecular flexibility index (Phi) is 5.51. The van der Waals surface area contributed by atoms with E-state index in [0.717, 1.165) is 0 Å². The highest BCUT2D eigenvalue weighted by atomic mass is 16.6. The van der Waals surface area contributed by atoms with Gasteiger partial charge in [0.1, 0.15) is 5.75 Å². The van der Waals surface area contributed by atoms with Crippen LogP contribution in [0, 0.1) is 0 Å². The van der Waals surface area contributed by atoms with Crippen molar-refractivity contribution < 1.29 is 24.2 Å². The number of rotatable bonds is 5. The topological polar surface area (TPSA) is 97.2 Å². The van der Waals surface area contributed by atoms with Crippen molar-refractivity contribution in [1.29, 1.82) is 0 Å². The summed E-state index contributed by atoms with van der Waals surface area (Å²) in [5.74, 6) is -0.102. The standard InChI is InChI=1S/C17H16N2O5/c1-11(20)24-15-8-3-12(9-16(15)23-2)10-18-19-17(22)13-4-6-14(21)7-5-13/h3-10,21H,1-2H3,(H,19,22). The number of carbonyl (C=O) groups excluding carboxylic acids is 2. The molecule has 24 heavy (non-hydrogen) atoms. The highest BCUT2D eigenvalue weighted by Crippen LogP contribution is 2.27. The minimum atomic E-state index is -0.448. The van der Waals surface area contributed by atoms with Crippen LogP contribution in [0.3, 0.4) is 0 Å². The number of methoxy groups -OCH3 is 1. The van der Waals surface area contributed by atoms with Crippen molar-refractivity contribution in [3.8, 4) is 17.2 Å². The van der Waals surface area contributed by atoms with E-state index in [-0.39, 0.29) is 5.75 Å². The molecule has 0 aliphatic rings. The number of phenolic OH excluding ortho intramolecular Hbond substituents is 1. The van der Waals surface area contributed by atoms with Crippen LogP contribution in [0.15, 0.2) is 47.6 Å². The number of benzene rings is 2. The maximum absolute atomic E-state index is 11.9. The maximum atomic E-state index is 11.9. The molecule has 0 saturated carbocycles. The first-order chi connectivity index (χ1) is 11.5. The zero-order valence-electron chi connectivity index (χ0n) is 13.1. The van der Waals surface area contributed by atoms with Crippen LogP contribution in [0.5, 0.6) is 17.2 Å². The van der Waals surface area contributed by atoms with Gasteiger partial charge in [0.2, 0.25) is 0 Å². The van der Waals surface area contributed by atoms with Gasteiger partial charge < -0.3 is 14.6 Å². The molecule has 2 aromatic rings. The molecule has 0 spiro atoms. The highest BCUT2D eigenvalue weighted by molar-refractivity contribution is 5.95. The predicted molar refractivity (Wildman–Crippen MR) is 87.5 cm³/mol. The first kappa shape index (κ1) is 17.0. The average Bonchev–Trinajstić information content (AvgIpc) is 2.56. The summed E-state index contributed by atoms with van der Waals surface area (Å²) in [4.78, 5) is 22.9. The molecule has 2 aromatic carbocycles. The lowest BCUT2D eigenvalue weighted by atomic mass is 10.2. The molecular weight excluding hydrogens is 312 g/mol. The normalized spacial score (nSPS) is 10.4. The summed E-state index contributed by atoms with van der Waals surface area (Å²) in [6, 6.07) is 10.7. The van der Waals surface area contributed by atoms with Crippen molar-refractivity contribution in [2.24, 2.45) is 5.10 Å². The Labute approximate surface area is 138 Å². The van der Waals surface area contributed by atoms with E-state index in [1.807, 2.05) is 0 Å². The van der Waals surface area contributed by atoms with Crippen molar-refractivity contribution in [3.05, 3.63) is 53.6 Å². The molecule has 0 fully saturated rings. The molecule has 0 unspecified atom stereocenters. The summed E-state index contributed by atoms with van der Waals surface area (Å²) in [7, 11) is 1.45. The van der Waals surface area contributed by atoms with Crippen LogP contribution in [0.25, 0.3) is 0 Å². The molecule has 0 bridgehead atoms. The largest absolute Gasteiger partial charge is 0.508 e. The van der Waals surface area contributed by atoms with E-state index < -0.39 is 11.9 Å². The number of nitrogens with one attached hydrogen (secondary N) is 1. The van der Waals surface area contributed by atoms with Crippen LogP contribution in [-0.2, 0) is 4.79 Å². The van der Waals surface area contributed by atoms with Crippen molar-refractivity contribution in [1.82, 2.24) is 5.43 Å². The Hall–Kier alpha value is -3.35. The van der Waals surface area contributed by atoms with Gasteiger partial charge in [-0.2, -0.15) is 5.10 Å². The van der Waals surface area contributed by atoms with Crippen LogP contribution in [-0.4, -0.2) is 30.3 Å². The Morgan fingerprint density at radius 1 is 1.12 bits per heavy atom. The van der Waals surface area contributed by atoms with Crippen molar-refractivity contribution in [2.45, 2.75) is 6.92 Å². The van der Waals surface area contributed by atoms with Gasteiger partial charge in [-0.1, -0.05) is 0 Å². The summed E-state index contributed by atoms with van der Waals surface area (Å²) in [6.07, 6.45) is 1.43. The number of nitrogens with zero attached hydrogens (tertiary/aromatic N) is 1. The average molecular weight is 328 g/mol. The summed E-state index contributed by atoms with van der Waals surface area (Å²) < 4.78 is 10.1. The van der Waals surface area contributed by atoms with Gasteiger partial charge in [-0.15, -0.1) is 0 Å². The fourth-order valence-electron chi connectivity index (χ4n) is 1.85. The van der Waals surface area contributed by atoms with E-state index in [2.05, 4.69) is 10.5 Å². The molecule has 124 valence electrons. The van der Waals surface area contributed by atoms with Crippen LogP contribution >= 0.6 is 0 Å². The SMILES string of the molecule is COc1cc(C=NNC(=O)c2ccc(O)cc2)ccc1OC(C)=O. The first-order valence-corrected chi connectivity index (χ1v) is 6.98. The quantitative estimate of drug-likeness (QED) is 0.379. The van der Waals surface area contributed by atoms with Gasteiger partial charge in [0.25, 0.3) is 5.91 Å². The van der Waals surface area contributed by atoms with Gasteiger partial charge in [0, 0.05) is 12.5 Å². The minimum absolute atomic E-state index is 0.0787. The van der Waals surface area contributed by atoms with Gasteiger partial charge in [-0.05, 0) is 48.0 Å². The summed E-state index contributed by atoms with van der Waals surface area (Å²) in [6.45, 7) is 1.30. The minimum Gasteiger partial charge on any atom is -0.508 e. The summed E-state index contributed by atoms with van der Waals surface area (Å²) in [5, 5.41) is 13.0. The summed E-state index contributed by atoms with van der Waals surface area (Å²) in [5.41, 5.74) is 3.39. The summed E-state index contributed by atoms with van der Waals surface area (Å²) >= 11 is 0. The fourth-order valence-corrected chi connectivity index (χ4v) is 1.85. The predicted octanol–water partition coefficient (Wildman–Crippen LogP) is 2.09. The van der Waals surface area contributed by atoms with Crippen LogP contribution < -0.4 is 14.9 Å². The molecule has 0 radical (unpaired) electrons. The lowest BCUT2D eigenvalue weighted by Crippen LogP contribution is -2.17. The molecule has 7 heteroatoms. The number of aromatic hydroxyl groups is 1. The Balaban J connectivity index is 2.04. The maximum Gasteiger partial charge on any atom is 0.308 e. The molecule has 7 nitrogen and oxygen atoms in total. The van der Waals surface area contributed by atoms with E-state index in [1.54, 1.807) is 18.2 Å². The molecule has 0 aliphatic heterocycles. The van der Waals surface area contributed by atoms with Crippen LogP contribution in [0.2, 0.25) is 0 Å². The number of hydrogen-bond acceptors (Lipinski definition) is 6.